The van der Waals surface area contributed by atoms with E-state index in [0.29, 0.717) is 34.1 Å². The number of thiazole rings is 1. The van der Waals surface area contributed by atoms with Gasteiger partial charge >= 0.3 is 0 Å². The molecule has 152 valence electrons. The predicted molar refractivity (Wildman–Crippen MR) is 118 cm³/mol. The van der Waals surface area contributed by atoms with Crippen LogP contribution in [0.25, 0.3) is 15.8 Å². The maximum atomic E-state index is 13.4. The van der Waals surface area contributed by atoms with E-state index in [0.717, 1.165) is 47.0 Å². The van der Waals surface area contributed by atoms with Gasteiger partial charge in [-0.25, -0.2) is 4.98 Å². The van der Waals surface area contributed by atoms with Gasteiger partial charge in [0.05, 0.1) is 15.8 Å². The predicted octanol–water partition coefficient (Wildman–Crippen LogP) is 6.17. The first-order valence-corrected chi connectivity index (χ1v) is 11.6. The fourth-order valence-corrected chi connectivity index (χ4v) is 6.78. The third kappa shape index (κ3) is 2.58. The summed E-state index contributed by atoms with van der Waals surface area (Å²) in [7, 11) is 0. The molecule has 1 aromatic heterocycles. The molecule has 0 amide bonds. The third-order valence-electron chi connectivity index (χ3n) is 7.25. The van der Waals surface area contributed by atoms with Crippen LogP contribution in [0.1, 0.15) is 37.3 Å². The van der Waals surface area contributed by atoms with Crippen LogP contribution < -0.4 is 4.74 Å². The van der Waals surface area contributed by atoms with Gasteiger partial charge in [0.2, 0.25) is 0 Å². The first kappa shape index (κ1) is 18.1. The average Bonchev–Trinajstić information content (AvgIpc) is 3.51. The average molecular weight is 418 g/mol. The number of Topliss-reactive ketones (excluding diaryl/α,β-unsaturated/α-hetero) is 1. The van der Waals surface area contributed by atoms with Crippen molar-refractivity contribution in [2.75, 3.05) is 0 Å². The van der Waals surface area contributed by atoms with Crippen LogP contribution in [0, 0.1) is 23.7 Å². The number of allylic oxidation sites excluding steroid dienone is 2. The van der Waals surface area contributed by atoms with Crippen LogP contribution >= 0.6 is 11.3 Å². The largest absolute Gasteiger partial charge is 0.511 e. The summed E-state index contributed by atoms with van der Waals surface area (Å²) in [6.45, 7) is 2.08. The monoisotopic (exact) mass is 417 g/mol. The molecule has 5 heteroatoms. The molecule has 0 radical (unpaired) electrons. The zero-order valence-electron chi connectivity index (χ0n) is 16.8. The summed E-state index contributed by atoms with van der Waals surface area (Å²) < 4.78 is 7.15. The molecule has 6 rings (SSSR count). The Morgan fingerprint density at radius 1 is 1.13 bits per heavy atom. The lowest BCUT2D eigenvalue weighted by atomic mass is 9.80. The Hall–Kier alpha value is -2.66. The topological polar surface area (TPSA) is 59.4 Å². The Morgan fingerprint density at radius 2 is 1.93 bits per heavy atom. The van der Waals surface area contributed by atoms with E-state index in [2.05, 4.69) is 11.9 Å². The van der Waals surface area contributed by atoms with Gasteiger partial charge in [-0.2, -0.15) is 0 Å². The molecule has 2 aromatic carbocycles. The van der Waals surface area contributed by atoms with Gasteiger partial charge in [0.25, 0.3) is 5.19 Å². The van der Waals surface area contributed by atoms with Crippen LogP contribution in [0.2, 0.25) is 0 Å². The molecule has 3 aliphatic rings. The molecule has 0 unspecified atom stereocenters. The molecule has 0 spiro atoms. The van der Waals surface area contributed by atoms with E-state index in [-0.39, 0.29) is 17.6 Å². The smallest absolute Gasteiger partial charge is 0.279 e. The Morgan fingerprint density at radius 3 is 2.70 bits per heavy atom. The SMILES string of the molecule is CCc1ccc(Oc2nc3ccccc3s2)cc1C1=C(O)[C@H]2[C@@H]3CC[C@@H](C3)[C@H]2C1=O. The number of hydrogen-bond donors (Lipinski definition) is 1. The van der Waals surface area contributed by atoms with E-state index >= 15 is 0 Å². The number of para-hydroxylation sites is 1. The van der Waals surface area contributed by atoms with Crippen LogP contribution in [-0.2, 0) is 11.2 Å². The number of carbonyl (C=O) groups is 1. The number of carbonyl (C=O) groups excluding carboxylic acids is 1. The molecule has 4 atom stereocenters. The molecule has 4 nitrogen and oxygen atoms in total. The molecule has 2 fully saturated rings. The van der Waals surface area contributed by atoms with Gasteiger partial charge in [0.15, 0.2) is 5.78 Å². The minimum Gasteiger partial charge on any atom is -0.511 e. The number of aromatic nitrogens is 1. The van der Waals surface area contributed by atoms with E-state index in [1.165, 1.54) is 11.3 Å². The van der Waals surface area contributed by atoms with Gasteiger partial charge in [-0.1, -0.05) is 36.5 Å². The van der Waals surface area contributed by atoms with Gasteiger partial charge in [0, 0.05) is 11.8 Å². The van der Waals surface area contributed by atoms with E-state index in [1.54, 1.807) is 0 Å². The van der Waals surface area contributed by atoms with Crippen molar-refractivity contribution in [1.29, 1.82) is 0 Å². The van der Waals surface area contributed by atoms with Crippen molar-refractivity contribution < 1.29 is 14.6 Å². The maximum Gasteiger partial charge on any atom is 0.279 e. The highest BCUT2D eigenvalue weighted by Gasteiger charge is 2.57. The molecule has 0 saturated heterocycles. The normalized spacial score (nSPS) is 27.3. The van der Waals surface area contributed by atoms with Gasteiger partial charge in [-0.05, 0) is 72.9 Å². The number of benzene rings is 2. The van der Waals surface area contributed by atoms with E-state index in [9.17, 15) is 9.90 Å². The van der Waals surface area contributed by atoms with E-state index in [4.69, 9.17) is 4.74 Å². The number of nitrogens with zero attached hydrogens (tertiary/aromatic N) is 1. The third-order valence-corrected chi connectivity index (χ3v) is 8.16. The maximum absolute atomic E-state index is 13.4. The first-order chi connectivity index (χ1) is 14.6. The number of fused-ring (bicyclic) bond motifs is 6. The second kappa shape index (κ2) is 6.67. The Labute approximate surface area is 179 Å². The molecule has 2 bridgehead atoms. The lowest BCUT2D eigenvalue weighted by Crippen LogP contribution is -2.24. The van der Waals surface area contributed by atoms with Crippen LogP contribution in [0.15, 0.2) is 48.2 Å². The quantitative estimate of drug-likeness (QED) is 0.552. The highest BCUT2D eigenvalue weighted by atomic mass is 32.1. The second-order valence-corrected chi connectivity index (χ2v) is 9.72. The summed E-state index contributed by atoms with van der Waals surface area (Å²) in [4.78, 5) is 17.9. The number of rotatable bonds is 4. The summed E-state index contributed by atoms with van der Waals surface area (Å²) in [5.74, 6) is 2.03. The summed E-state index contributed by atoms with van der Waals surface area (Å²) >= 11 is 1.50. The first-order valence-electron chi connectivity index (χ1n) is 10.8. The Kier molecular flexibility index (Phi) is 4.03. The van der Waals surface area contributed by atoms with Crippen molar-refractivity contribution in [1.82, 2.24) is 4.98 Å². The van der Waals surface area contributed by atoms with Crippen molar-refractivity contribution in [3.05, 3.63) is 59.4 Å². The molecular weight excluding hydrogens is 394 g/mol. The molecular formula is C25H23NO3S. The van der Waals surface area contributed by atoms with Crippen LogP contribution in [0.5, 0.6) is 10.9 Å². The standard InChI is InChI=1S/C25H23NO3S/c1-2-13-9-10-16(29-25-26-18-5-3-4-6-19(18)30-25)12-17(13)22-23(27)20-14-7-8-15(11-14)21(20)24(22)28/h3-6,9-10,12,14-15,20-21,27H,2,7-8,11H2,1H3/t14-,15+,20+,21-/m1/s1. The van der Waals surface area contributed by atoms with Crippen molar-refractivity contribution in [2.24, 2.45) is 23.7 Å². The van der Waals surface area contributed by atoms with E-state index < -0.39 is 0 Å². The summed E-state index contributed by atoms with van der Waals surface area (Å²) in [6.07, 6.45) is 4.15. The van der Waals surface area contributed by atoms with E-state index in [1.807, 2.05) is 42.5 Å². The lowest BCUT2D eigenvalue weighted by Gasteiger charge is -2.23. The van der Waals surface area contributed by atoms with Crippen LogP contribution in [0.3, 0.4) is 0 Å². The van der Waals surface area contributed by atoms with Crippen molar-refractivity contribution in [3.63, 3.8) is 0 Å². The fourth-order valence-electron chi connectivity index (χ4n) is 5.95. The molecule has 3 aromatic rings. The summed E-state index contributed by atoms with van der Waals surface area (Å²) in [6, 6.07) is 13.8. The number of aliphatic hydroxyl groups excluding tert-OH is 1. The van der Waals surface area contributed by atoms with Crippen molar-refractivity contribution in [2.45, 2.75) is 32.6 Å². The van der Waals surface area contributed by atoms with Gasteiger partial charge in [-0.3, -0.25) is 4.79 Å². The van der Waals surface area contributed by atoms with Crippen LogP contribution in [-0.4, -0.2) is 15.9 Å². The van der Waals surface area contributed by atoms with Gasteiger partial charge in [-0.15, -0.1) is 0 Å². The minimum atomic E-state index is -0.0164. The summed E-state index contributed by atoms with van der Waals surface area (Å²) in [5, 5.41) is 11.7. The Balaban J connectivity index is 1.39. The number of aryl methyl sites for hydroxylation is 1. The Bertz CT molecular complexity index is 1180. The van der Waals surface area contributed by atoms with Gasteiger partial charge in [0.1, 0.15) is 11.5 Å². The van der Waals surface area contributed by atoms with Gasteiger partial charge < -0.3 is 9.84 Å². The molecule has 1 heterocycles. The molecule has 3 aliphatic carbocycles. The van der Waals surface area contributed by atoms with Crippen molar-refractivity contribution >= 4 is 32.9 Å². The molecule has 0 aliphatic heterocycles. The van der Waals surface area contributed by atoms with Crippen LogP contribution in [0.4, 0.5) is 0 Å². The number of aliphatic hydroxyl groups is 1. The zero-order valence-corrected chi connectivity index (χ0v) is 17.6. The lowest BCUT2D eigenvalue weighted by molar-refractivity contribution is -0.118. The minimum absolute atomic E-state index is 0.0164. The number of ketones is 1. The van der Waals surface area contributed by atoms with Crippen molar-refractivity contribution in [3.8, 4) is 10.9 Å². The molecule has 30 heavy (non-hydrogen) atoms. The zero-order chi connectivity index (χ0) is 20.4. The number of ether oxygens (including phenoxy) is 1. The summed E-state index contributed by atoms with van der Waals surface area (Å²) in [5.41, 5.74) is 3.34. The fraction of sp³-hybridized carbons (Fsp3) is 0.360. The number of hydrogen-bond acceptors (Lipinski definition) is 5. The molecule has 2 saturated carbocycles. The highest BCUT2D eigenvalue weighted by Crippen LogP contribution is 2.60. The second-order valence-electron chi connectivity index (χ2n) is 8.73. The molecule has 1 N–H and O–H groups in total. The highest BCUT2D eigenvalue weighted by molar-refractivity contribution is 7.20.